The third-order valence-corrected chi connectivity index (χ3v) is 1.49. The smallest absolute Gasteiger partial charge is 0.0456 e. The fraction of sp³-hybridized carbons (Fsp3) is 0.778. The Balaban J connectivity index is 3.08. The van der Waals surface area contributed by atoms with E-state index in [0.29, 0.717) is 12.5 Å². The first-order chi connectivity index (χ1) is 4.81. The minimum Gasteiger partial charge on any atom is -0.396 e. The van der Waals surface area contributed by atoms with Crippen LogP contribution in [-0.4, -0.2) is 11.7 Å². The molecule has 0 aromatic carbocycles. The Morgan fingerprint density at radius 3 is 2.70 bits per heavy atom. The summed E-state index contributed by atoms with van der Waals surface area (Å²) in [6.45, 7) is 4.22. The minimum atomic E-state index is 0.305. The fourth-order valence-corrected chi connectivity index (χ4v) is 0.755. The molecule has 0 saturated carbocycles. The van der Waals surface area contributed by atoms with Crippen LogP contribution in [0.4, 0.5) is 0 Å². The van der Waals surface area contributed by atoms with Gasteiger partial charge in [-0.2, -0.15) is 0 Å². The van der Waals surface area contributed by atoms with Crippen molar-refractivity contribution >= 4 is 0 Å². The topological polar surface area (TPSA) is 20.2 Å². The highest BCUT2D eigenvalue weighted by atomic mass is 16.3. The monoisotopic (exact) mass is 140 g/mol. The second-order valence-corrected chi connectivity index (χ2v) is 2.61. The van der Waals surface area contributed by atoms with E-state index in [1.54, 1.807) is 0 Å². The lowest BCUT2D eigenvalue weighted by Gasteiger charge is -2.03. The Kier molecular flexibility index (Phi) is 6.32. The molecule has 0 fully saturated rings. The molecular weight excluding hydrogens is 124 g/mol. The van der Waals surface area contributed by atoms with Crippen molar-refractivity contribution in [3.05, 3.63) is 0 Å². The van der Waals surface area contributed by atoms with Crippen LogP contribution in [-0.2, 0) is 0 Å². The van der Waals surface area contributed by atoms with Gasteiger partial charge < -0.3 is 5.11 Å². The highest BCUT2D eigenvalue weighted by Gasteiger charge is 1.96. The molecule has 0 aliphatic carbocycles. The van der Waals surface area contributed by atoms with Gasteiger partial charge in [0.15, 0.2) is 0 Å². The van der Waals surface area contributed by atoms with Crippen LogP contribution in [0.2, 0.25) is 0 Å². The van der Waals surface area contributed by atoms with Crippen molar-refractivity contribution in [3.63, 3.8) is 0 Å². The van der Waals surface area contributed by atoms with E-state index in [1.807, 2.05) is 6.92 Å². The fourth-order valence-electron chi connectivity index (χ4n) is 0.755. The van der Waals surface area contributed by atoms with Crippen LogP contribution in [0.5, 0.6) is 0 Å². The number of unbranched alkanes of at least 4 members (excludes halogenated alkanes) is 1. The average molecular weight is 140 g/mol. The molecule has 0 rings (SSSR count). The van der Waals surface area contributed by atoms with E-state index in [2.05, 4.69) is 18.8 Å². The summed E-state index contributed by atoms with van der Waals surface area (Å²) in [5, 5.41) is 8.66. The van der Waals surface area contributed by atoms with Crippen molar-refractivity contribution in [2.75, 3.05) is 6.61 Å². The lowest BCUT2D eigenvalue weighted by Crippen LogP contribution is -1.99. The molecule has 58 valence electrons. The van der Waals surface area contributed by atoms with Gasteiger partial charge in [-0.25, -0.2) is 0 Å². The molecule has 10 heavy (non-hydrogen) atoms. The minimum absolute atomic E-state index is 0.305. The van der Waals surface area contributed by atoms with Gasteiger partial charge in [-0.3, -0.25) is 0 Å². The van der Waals surface area contributed by atoms with Gasteiger partial charge >= 0.3 is 0 Å². The van der Waals surface area contributed by atoms with E-state index in [0.717, 1.165) is 19.3 Å². The molecular formula is C9H16O. The Bertz CT molecular complexity index is 118. The van der Waals surface area contributed by atoms with E-state index in [4.69, 9.17) is 5.11 Å². The first-order valence-electron chi connectivity index (χ1n) is 3.81. The van der Waals surface area contributed by atoms with E-state index >= 15 is 0 Å². The zero-order chi connectivity index (χ0) is 7.82. The summed E-state index contributed by atoms with van der Waals surface area (Å²) in [7, 11) is 0. The van der Waals surface area contributed by atoms with Crippen LogP contribution >= 0.6 is 0 Å². The van der Waals surface area contributed by atoms with Crippen LogP contribution in [0.1, 0.15) is 33.1 Å². The molecule has 1 nitrogen and oxygen atoms in total. The van der Waals surface area contributed by atoms with Crippen LogP contribution in [0, 0.1) is 17.8 Å². The molecule has 0 aliphatic rings. The molecule has 0 aromatic rings. The highest BCUT2D eigenvalue weighted by molar-refractivity contribution is 4.94. The molecule has 0 amide bonds. The first kappa shape index (κ1) is 9.52. The van der Waals surface area contributed by atoms with Gasteiger partial charge in [-0.15, -0.1) is 11.8 Å². The van der Waals surface area contributed by atoms with E-state index < -0.39 is 0 Å². The lowest BCUT2D eigenvalue weighted by atomic mass is 10.1. The first-order valence-corrected chi connectivity index (χ1v) is 3.81. The van der Waals surface area contributed by atoms with Crippen LogP contribution < -0.4 is 0 Å². The summed E-state index contributed by atoms with van der Waals surface area (Å²) in [5.41, 5.74) is 0. The van der Waals surface area contributed by atoms with Gasteiger partial charge in [-0.1, -0.05) is 6.92 Å². The zero-order valence-corrected chi connectivity index (χ0v) is 6.85. The van der Waals surface area contributed by atoms with Gasteiger partial charge in [0.2, 0.25) is 0 Å². The summed E-state index contributed by atoms with van der Waals surface area (Å²) in [5.74, 6) is 6.29. The molecule has 1 N–H and O–H groups in total. The summed E-state index contributed by atoms with van der Waals surface area (Å²) in [4.78, 5) is 0. The Hall–Kier alpha value is -0.480. The third kappa shape index (κ3) is 5.65. The highest BCUT2D eigenvalue weighted by Crippen LogP contribution is 2.05. The molecule has 1 atom stereocenters. The number of aliphatic hydroxyl groups excluding tert-OH is 1. The SMILES string of the molecule is CC#CCCCC(C)CO. The molecule has 0 saturated heterocycles. The quantitative estimate of drug-likeness (QED) is 0.466. The average Bonchev–Trinajstić information content (AvgIpc) is 1.98. The predicted octanol–water partition coefficient (Wildman–Crippen LogP) is 1.81. The molecule has 1 unspecified atom stereocenters. The van der Waals surface area contributed by atoms with Crippen LogP contribution in [0.3, 0.4) is 0 Å². The third-order valence-electron chi connectivity index (χ3n) is 1.49. The maximum atomic E-state index is 8.66. The van der Waals surface area contributed by atoms with Crippen molar-refractivity contribution in [2.45, 2.75) is 33.1 Å². The number of hydrogen-bond donors (Lipinski definition) is 1. The van der Waals surface area contributed by atoms with Gasteiger partial charge in [0.1, 0.15) is 0 Å². The van der Waals surface area contributed by atoms with Crippen molar-refractivity contribution < 1.29 is 5.11 Å². The van der Waals surface area contributed by atoms with Crippen LogP contribution in [0.25, 0.3) is 0 Å². The van der Waals surface area contributed by atoms with Crippen LogP contribution in [0.15, 0.2) is 0 Å². The Morgan fingerprint density at radius 1 is 1.50 bits per heavy atom. The second kappa shape index (κ2) is 6.64. The Morgan fingerprint density at radius 2 is 2.20 bits per heavy atom. The number of hydrogen-bond acceptors (Lipinski definition) is 1. The van der Waals surface area contributed by atoms with Crippen molar-refractivity contribution in [1.82, 2.24) is 0 Å². The molecule has 0 aliphatic heterocycles. The molecule has 0 heterocycles. The van der Waals surface area contributed by atoms with Gasteiger partial charge in [-0.05, 0) is 25.7 Å². The Labute approximate surface area is 63.5 Å². The second-order valence-electron chi connectivity index (χ2n) is 2.61. The molecule has 1 heteroatoms. The predicted molar refractivity (Wildman–Crippen MR) is 43.6 cm³/mol. The maximum absolute atomic E-state index is 8.66. The number of rotatable bonds is 4. The number of aliphatic hydroxyl groups is 1. The van der Waals surface area contributed by atoms with Crippen molar-refractivity contribution in [3.8, 4) is 11.8 Å². The summed E-state index contributed by atoms with van der Waals surface area (Å²) < 4.78 is 0. The van der Waals surface area contributed by atoms with Gasteiger partial charge in [0.25, 0.3) is 0 Å². The van der Waals surface area contributed by atoms with Crippen molar-refractivity contribution in [2.24, 2.45) is 5.92 Å². The lowest BCUT2D eigenvalue weighted by molar-refractivity contribution is 0.228. The summed E-state index contributed by atoms with van der Waals surface area (Å²) in [6, 6.07) is 0. The zero-order valence-electron chi connectivity index (χ0n) is 6.85. The standard InChI is InChI=1S/C9H16O/c1-3-4-5-6-7-9(2)8-10/h9-10H,5-8H2,1-2H3. The van der Waals surface area contributed by atoms with Crippen molar-refractivity contribution in [1.29, 1.82) is 0 Å². The van der Waals surface area contributed by atoms with Gasteiger partial charge in [0.05, 0.1) is 0 Å². The van der Waals surface area contributed by atoms with Gasteiger partial charge in [0, 0.05) is 13.0 Å². The maximum Gasteiger partial charge on any atom is 0.0456 e. The molecule has 0 spiro atoms. The van der Waals surface area contributed by atoms with E-state index in [1.165, 1.54) is 0 Å². The summed E-state index contributed by atoms with van der Waals surface area (Å²) >= 11 is 0. The summed E-state index contributed by atoms with van der Waals surface area (Å²) in [6.07, 6.45) is 3.18. The largest absolute Gasteiger partial charge is 0.396 e. The molecule has 0 bridgehead atoms. The van der Waals surface area contributed by atoms with E-state index in [-0.39, 0.29) is 0 Å². The van der Waals surface area contributed by atoms with E-state index in [9.17, 15) is 0 Å². The molecule has 0 radical (unpaired) electrons. The normalized spacial score (nSPS) is 11.9. The molecule has 0 aromatic heterocycles.